The van der Waals surface area contributed by atoms with Crippen molar-refractivity contribution in [3.8, 4) is 0 Å². The number of guanidine groups is 1. The molecule has 21 heavy (non-hydrogen) atoms. The van der Waals surface area contributed by atoms with Gasteiger partial charge in [0, 0.05) is 32.0 Å². The molecule has 2 N–H and O–H groups in total. The Morgan fingerprint density at radius 1 is 1.48 bits per heavy atom. The lowest BCUT2D eigenvalue weighted by atomic mass is 9.96. The Balaban J connectivity index is 1.45. The highest BCUT2D eigenvalue weighted by Crippen LogP contribution is 2.34. The summed E-state index contributed by atoms with van der Waals surface area (Å²) >= 11 is 0. The average molecular weight is 291 g/mol. The number of hydrogen-bond donors (Lipinski definition) is 2. The third-order valence-electron chi connectivity index (χ3n) is 4.18. The van der Waals surface area contributed by atoms with E-state index in [2.05, 4.69) is 32.1 Å². The maximum Gasteiger partial charge on any atom is 0.191 e. The minimum Gasteiger partial charge on any atom is -0.373 e. The van der Waals surface area contributed by atoms with Crippen molar-refractivity contribution in [2.24, 2.45) is 4.99 Å². The minimum atomic E-state index is 0.379. The lowest BCUT2D eigenvalue weighted by Gasteiger charge is -2.22. The Morgan fingerprint density at radius 2 is 2.43 bits per heavy atom. The first-order chi connectivity index (χ1) is 10.3. The number of ether oxygens (including phenoxy) is 1. The van der Waals surface area contributed by atoms with Crippen molar-refractivity contribution in [2.45, 2.75) is 57.4 Å². The molecule has 3 heterocycles. The third-order valence-corrected chi connectivity index (χ3v) is 4.18. The molecule has 0 saturated carbocycles. The maximum absolute atomic E-state index is 5.88. The van der Waals surface area contributed by atoms with Crippen LogP contribution in [0.3, 0.4) is 0 Å². The van der Waals surface area contributed by atoms with Gasteiger partial charge in [0.2, 0.25) is 0 Å². The minimum absolute atomic E-state index is 0.379. The number of imidazole rings is 1. The lowest BCUT2D eigenvalue weighted by Crippen LogP contribution is -2.47. The summed E-state index contributed by atoms with van der Waals surface area (Å²) in [6, 6.07) is 0.426. The Kier molecular flexibility index (Phi) is 4.75. The summed E-state index contributed by atoms with van der Waals surface area (Å²) < 4.78 is 7.97. The van der Waals surface area contributed by atoms with Crippen LogP contribution in [0.5, 0.6) is 0 Å². The standard InChI is InChI=1S/C15H25N5O/c1-2-17-15(18-6-3-8-20-9-7-16-11-20)19-13-10-12-4-5-14(13)21-12/h7,9,11-14H,2-6,8,10H2,1H3,(H2,17,18,19). The molecule has 2 aliphatic heterocycles. The van der Waals surface area contributed by atoms with Crippen molar-refractivity contribution < 1.29 is 4.74 Å². The van der Waals surface area contributed by atoms with E-state index in [9.17, 15) is 0 Å². The van der Waals surface area contributed by atoms with Gasteiger partial charge in [0.15, 0.2) is 5.96 Å². The van der Waals surface area contributed by atoms with Crippen LogP contribution in [0.1, 0.15) is 32.6 Å². The van der Waals surface area contributed by atoms with Crippen LogP contribution in [0.4, 0.5) is 0 Å². The van der Waals surface area contributed by atoms with Gasteiger partial charge >= 0.3 is 0 Å². The number of fused-ring (bicyclic) bond motifs is 2. The molecule has 2 aliphatic rings. The molecule has 2 bridgehead atoms. The summed E-state index contributed by atoms with van der Waals surface area (Å²) in [6.45, 7) is 4.75. The molecule has 6 heteroatoms. The van der Waals surface area contributed by atoms with E-state index in [0.29, 0.717) is 18.2 Å². The van der Waals surface area contributed by atoms with Gasteiger partial charge in [-0.1, -0.05) is 0 Å². The number of aryl methyl sites for hydroxylation is 1. The average Bonchev–Trinajstić information content (AvgIpc) is 3.21. The summed E-state index contributed by atoms with van der Waals surface area (Å²) in [5.41, 5.74) is 0. The van der Waals surface area contributed by atoms with Crippen LogP contribution in [-0.4, -0.2) is 46.8 Å². The topological polar surface area (TPSA) is 63.5 Å². The van der Waals surface area contributed by atoms with E-state index in [4.69, 9.17) is 4.74 Å². The number of aromatic nitrogens is 2. The van der Waals surface area contributed by atoms with E-state index < -0.39 is 0 Å². The van der Waals surface area contributed by atoms with Crippen molar-refractivity contribution in [3.63, 3.8) is 0 Å². The first-order valence-electron chi connectivity index (χ1n) is 8.01. The zero-order chi connectivity index (χ0) is 14.5. The Hall–Kier alpha value is -1.56. The van der Waals surface area contributed by atoms with E-state index in [1.807, 2.05) is 18.7 Å². The molecule has 0 aliphatic carbocycles. The number of nitrogens with one attached hydrogen (secondary N) is 2. The monoisotopic (exact) mass is 291 g/mol. The smallest absolute Gasteiger partial charge is 0.191 e. The van der Waals surface area contributed by atoms with Crippen LogP contribution in [-0.2, 0) is 11.3 Å². The number of rotatable bonds is 6. The highest BCUT2D eigenvalue weighted by Gasteiger charge is 2.41. The second kappa shape index (κ2) is 6.93. The molecule has 0 amide bonds. The van der Waals surface area contributed by atoms with Crippen molar-refractivity contribution >= 4 is 5.96 Å². The predicted molar refractivity (Wildman–Crippen MR) is 82.3 cm³/mol. The molecular formula is C15H25N5O. The number of aliphatic imine (C=N–C) groups is 1. The maximum atomic E-state index is 5.88. The van der Waals surface area contributed by atoms with Gasteiger partial charge < -0.3 is 19.9 Å². The summed E-state index contributed by atoms with van der Waals surface area (Å²) in [7, 11) is 0. The van der Waals surface area contributed by atoms with E-state index in [-0.39, 0.29) is 0 Å². The fourth-order valence-corrected chi connectivity index (χ4v) is 3.15. The SMILES string of the molecule is CCNC(=NCCCn1ccnc1)NC1CC2CCC1O2. The van der Waals surface area contributed by atoms with Crippen LogP contribution in [0.25, 0.3) is 0 Å². The highest BCUT2D eigenvalue weighted by molar-refractivity contribution is 5.80. The largest absolute Gasteiger partial charge is 0.373 e. The predicted octanol–water partition coefficient (Wildman–Crippen LogP) is 1.15. The fourth-order valence-electron chi connectivity index (χ4n) is 3.15. The molecule has 3 rings (SSSR count). The van der Waals surface area contributed by atoms with Crippen molar-refractivity contribution in [1.29, 1.82) is 0 Å². The zero-order valence-corrected chi connectivity index (χ0v) is 12.7. The summed E-state index contributed by atoms with van der Waals surface area (Å²) in [6.07, 6.45) is 11.0. The van der Waals surface area contributed by atoms with Gasteiger partial charge in [-0.25, -0.2) is 4.98 Å². The molecule has 2 fully saturated rings. The van der Waals surface area contributed by atoms with Crippen molar-refractivity contribution in [3.05, 3.63) is 18.7 Å². The number of nitrogens with zero attached hydrogens (tertiary/aromatic N) is 3. The normalized spacial score (nSPS) is 28.0. The summed E-state index contributed by atoms with van der Waals surface area (Å²) in [5, 5.41) is 6.86. The highest BCUT2D eigenvalue weighted by atomic mass is 16.5. The summed E-state index contributed by atoms with van der Waals surface area (Å²) in [4.78, 5) is 8.71. The van der Waals surface area contributed by atoms with Crippen LogP contribution in [0.2, 0.25) is 0 Å². The molecule has 0 aromatic carbocycles. The quantitative estimate of drug-likeness (QED) is 0.469. The third kappa shape index (κ3) is 3.75. The molecular weight excluding hydrogens is 266 g/mol. The van der Waals surface area contributed by atoms with Crippen LogP contribution < -0.4 is 10.6 Å². The van der Waals surface area contributed by atoms with Gasteiger partial charge in [-0.2, -0.15) is 0 Å². The molecule has 1 aromatic rings. The first kappa shape index (κ1) is 14.4. The van der Waals surface area contributed by atoms with E-state index >= 15 is 0 Å². The first-order valence-corrected chi connectivity index (χ1v) is 8.01. The van der Waals surface area contributed by atoms with E-state index in [1.54, 1.807) is 0 Å². The van der Waals surface area contributed by atoms with Gasteiger partial charge in [-0.15, -0.1) is 0 Å². The van der Waals surface area contributed by atoms with Crippen LogP contribution >= 0.6 is 0 Å². The van der Waals surface area contributed by atoms with Gasteiger partial charge in [0.25, 0.3) is 0 Å². The van der Waals surface area contributed by atoms with Gasteiger partial charge in [-0.3, -0.25) is 4.99 Å². The second-order valence-corrected chi connectivity index (χ2v) is 5.78. The van der Waals surface area contributed by atoms with Crippen molar-refractivity contribution in [1.82, 2.24) is 20.2 Å². The van der Waals surface area contributed by atoms with Crippen molar-refractivity contribution in [2.75, 3.05) is 13.1 Å². The Bertz CT molecular complexity index is 459. The van der Waals surface area contributed by atoms with Gasteiger partial charge in [-0.05, 0) is 32.6 Å². The second-order valence-electron chi connectivity index (χ2n) is 5.78. The Labute approximate surface area is 126 Å². The molecule has 0 spiro atoms. The molecule has 0 radical (unpaired) electrons. The fraction of sp³-hybridized carbons (Fsp3) is 0.733. The molecule has 3 unspecified atom stereocenters. The van der Waals surface area contributed by atoms with Crippen LogP contribution in [0.15, 0.2) is 23.7 Å². The molecule has 1 aromatic heterocycles. The van der Waals surface area contributed by atoms with Crippen LogP contribution in [0, 0.1) is 0 Å². The molecule has 3 atom stereocenters. The molecule has 2 saturated heterocycles. The summed E-state index contributed by atoms with van der Waals surface area (Å²) in [5.74, 6) is 0.921. The zero-order valence-electron chi connectivity index (χ0n) is 12.7. The molecule has 6 nitrogen and oxygen atoms in total. The Morgan fingerprint density at radius 3 is 3.10 bits per heavy atom. The van der Waals surface area contributed by atoms with Gasteiger partial charge in [0.1, 0.15) is 0 Å². The van der Waals surface area contributed by atoms with Gasteiger partial charge in [0.05, 0.1) is 24.6 Å². The molecule has 116 valence electrons. The van der Waals surface area contributed by atoms with E-state index in [1.165, 1.54) is 12.8 Å². The lowest BCUT2D eigenvalue weighted by molar-refractivity contribution is 0.0992. The number of hydrogen-bond acceptors (Lipinski definition) is 3. The van der Waals surface area contributed by atoms with E-state index in [0.717, 1.165) is 38.4 Å².